The van der Waals surface area contributed by atoms with Gasteiger partial charge in [-0.1, -0.05) is 26.0 Å². The largest absolute Gasteiger partial charge is 0.497 e. The molecule has 0 aliphatic heterocycles. The molecule has 1 atom stereocenters. The van der Waals surface area contributed by atoms with Gasteiger partial charge in [-0.25, -0.2) is 0 Å². The number of carbonyl (C=O) groups is 1. The van der Waals surface area contributed by atoms with Gasteiger partial charge in [0.05, 0.1) is 26.9 Å². The van der Waals surface area contributed by atoms with Crippen LogP contribution in [0.15, 0.2) is 42.5 Å². The Morgan fingerprint density at radius 1 is 1.00 bits per heavy atom. The number of amides is 1. The minimum Gasteiger partial charge on any atom is -0.497 e. The summed E-state index contributed by atoms with van der Waals surface area (Å²) >= 11 is 0. The molecule has 0 saturated carbocycles. The number of methoxy groups -OCH3 is 2. The van der Waals surface area contributed by atoms with Crippen LogP contribution in [-0.2, 0) is 0 Å². The third-order valence-electron chi connectivity index (χ3n) is 4.91. The first-order valence-electron chi connectivity index (χ1n) is 10.0. The van der Waals surface area contributed by atoms with Crippen molar-refractivity contribution in [2.24, 2.45) is 0 Å². The highest BCUT2D eigenvalue weighted by atomic mass is 16.5. The number of nitrogens with one attached hydrogen (secondary N) is 1. The van der Waals surface area contributed by atoms with Crippen molar-refractivity contribution in [3.63, 3.8) is 0 Å². The Kier molecular flexibility index (Phi) is 8.80. The number of rotatable bonds is 11. The Hall–Kier alpha value is -2.73. The fourth-order valence-corrected chi connectivity index (χ4v) is 3.35. The van der Waals surface area contributed by atoms with Crippen LogP contribution in [0.3, 0.4) is 0 Å². The van der Waals surface area contributed by atoms with Gasteiger partial charge in [0.1, 0.15) is 5.75 Å². The van der Waals surface area contributed by atoms with Gasteiger partial charge in [-0.15, -0.1) is 0 Å². The van der Waals surface area contributed by atoms with E-state index >= 15 is 0 Å². The van der Waals surface area contributed by atoms with Gasteiger partial charge in [-0.05, 0) is 55.9 Å². The standard InChI is InChI=1S/C23H32N2O4/c1-6-25(7-2)20(17-10-9-11-19(14-17)27-4)16-24-23(26)18-12-13-21(28-5)22(15-18)29-8-3/h9-15,20H,6-8,16H2,1-5H3,(H,24,26). The van der Waals surface area contributed by atoms with E-state index in [1.165, 1.54) is 0 Å². The van der Waals surface area contributed by atoms with Gasteiger partial charge in [-0.2, -0.15) is 0 Å². The van der Waals surface area contributed by atoms with Crippen molar-refractivity contribution in [3.05, 3.63) is 53.6 Å². The van der Waals surface area contributed by atoms with Crippen LogP contribution >= 0.6 is 0 Å². The summed E-state index contributed by atoms with van der Waals surface area (Å²) in [6, 6.07) is 13.3. The first-order valence-corrected chi connectivity index (χ1v) is 10.0. The van der Waals surface area contributed by atoms with E-state index in [1.807, 2.05) is 25.1 Å². The number of ether oxygens (including phenoxy) is 3. The van der Waals surface area contributed by atoms with Crippen LogP contribution in [0.1, 0.15) is 42.7 Å². The maximum absolute atomic E-state index is 12.8. The maximum atomic E-state index is 12.8. The molecule has 1 N–H and O–H groups in total. The molecule has 0 fully saturated rings. The summed E-state index contributed by atoms with van der Waals surface area (Å²) in [5.41, 5.74) is 1.65. The molecule has 1 unspecified atom stereocenters. The van der Waals surface area contributed by atoms with Crippen LogP contribution in [0.25, 0.3) is 0 Å². The molecule has 0 radical (unpaired) electrons. The highest BCUT2D eigenvalue weighted by Crippen LogP contribution is 2.28. The van der Waals surface area contributed by atoms with Crippen molar-refractivity contribution in [2.45, 2.75) is 26.8 Å². The lowest BCUT2D eigenvalue weighted by Crippen LogP contribution is -2.38. The minimum atomic E-state index is -0.145. The molecule has 2 aromatic rings. The van der Waals surface area contributed by atoms with E-state index in [-0.39, 0.29) is 11.9 Å². The van der Waals surface area contributed by atoms with E-state index in [4.69, 9.17) is 14.2 Å². The van der Waals surface area contributed by atoms with Gasteiger partial charge < -0.3 is 19.5 Å². The molecule has 0 aromatic heterocycles. The molecule has 158 valence electrons. The van der Waals surface area contributed by atoms with E-state index in [0.29, 0.717) is 30.2 Å². The molecule has 0 aliphatic rings. The Morgan fingerprint density at radius 2 is 1.76 bits per heavy atom. The van der Waals surface area contributed by atoms with Crippen molar-refractivity contribution < 1.29 is 19.0 Å². The fourth-order valence-electron chi connectivity index (χ4n) is 3.35. The van der Waals surface area contributed by atoms with Crippen molar-refractivity contribution in [2.75, 3.05) is 40.5 Å². The van der Waals surface area contributed by atoms with Gasteiger partial charge in [0, 0.05) is 12.1 Å². The van der Waals surface area contributed by atoms with Crippen LogP contribution in [0.4, 0.5) is 0 Å². The van der Waals surface area contributed by atoms with Crippen LogP contribution in [-0.4, -0.2) is 51.3 Å². The quantitative estimate of drug-likeness (QED) is 0.620. The Labute approximate surface area is 173 Å². The van der Waals surface area contributed by atoms with Crippen LogP contribution in [0.5, 0.6) is 17.2 Å². The molecule has 1 amide bonds. The highest BCUT2D eigenvalue weighted by molar-refractivity contribution is 5.94. The second-order valence-corrected chi connectivity index (χ2v) is 6.52. The number of carbonyl (C=O) groups excluding carboxylic acids is 1. The smallest absolute Gasteiger partial charge is 0.251 e. The summed E-state index contributed by atoms with van der Waals surface area (Å²) in [5.74, 6) is 1.84. The molecule has 0 aliphatic carbocycles. The monoisotopic (exact) mass is 400 g/mol. The van der Waals surface area contributed by atoms with E-state index in [9.17, 15) is 4.79 Å². The summed E-state index contributed by atoms with van der Waals surface area (Å²) in [5, 5.41) is 3.07. The third-order valence-corrected chi connectivity index (χ3v) is 4.91. The molecule has 0 bridgehead atoms. The summed E-state index contributed by atoms with van der Waals surface area (Å²) < 4.78 is 16.3. The second kappa shape index (κ2) is 11.3. The summed E-state index contributed by atoms with van der Waals surface area (Å²) in [7, 11) is 3.24. The molecular formula is C23H32N2O4. The molecule has 29 heavy (non-hydrogen) atoms. The number of likely N-dealkylation sites (N-methyl/N-ethyl adjacent to an activating group) is 1. The lowest BCUT2D eigenvalue weighted by molar-refractivity contribution is 0.0934. The van der Waals surface area contributed by atoms with E-state index in [0.717, 1.165) is 24.4 Å². The first-order chi connectivity index (χ1) is 14.1. The van der Waals surface area contributed by atoms with E-state index < -0.39 is 0 Å². The van der Waals surface area contributed by atoms with Crippen LogP contribution < -0.4 is 19.5 Å². The van der Waals surface area contributed by atoms with Gasteiger partial charge in [0.2, 0.25) is 0 Å². The zero-order valence-electron chi connectivity index (χ0n) is 18.0. The summed E-state index contributed by atoms with van der Waals surface area (Å²) in [6.45, 7) is 8.89. The van der Waals surface area contributed by atoms with E-state index in [1.54, 1.807) is 32.4 Å². The van der Waals surface area contributed by atoms with Gasteiger partial charge >= 0.3 is 0 Å². The SMILES string of the molecule is CCOc1cc(C(=O)NCC(c2cccc(OC)c2)N(CC)CC)ccc1OC. The average molecular weight is 401 g/mol. The molecule has 6 nitrogen and oxygen atoms in total. The van der Waals surface area contributed by atoms with Crippen molar-refractivity contribution in [1.82, 2.24) is 10.2 Å². The van der Waals surface area contributed by atoms with Crippen molar-refractivity contribution in [3.8, 4) is 17.2 Å². The predicted octanol–water partition coefficient (Wildman–Crippen LogP) is 3.92. The minimum absolute atomic E-state index is 0.0497. The molecule has 0 saturated heterocycles. The van der Waals surface area contributed by atoms with Crippen molar-refractivity contribution in [1.29, 1.82) is 0 Å². The normalized spacial score (nSPS) is 11.8. The van der Waals surface area contributed by atoms with Gasteiger partial charge in [0.15, 0.2) is 11.5 Å². The zero-order valence-corrected chi connectivity index (χ0v) is 18.0. The molecule has 2 aromatic carbocycles. The molecule has 0 spiro atoms. The lowest BCUT2D eigenvalue weighted by atomic mass is 10.0. The molecular weight excluding hydrogens is 368 g/mol. The van der Waals surface area contributed by atoms with Crippen LogP contribution in [0, 0.1) is 0 Å². The number of hydrogen-bond acceptors (Lipinski definition) is 5. The highest BCUT2D eigenvalue weighted by Gasteiger charge is 2.20. The summed E-state index contributed by atoms with van der Waals surface area (Å²) in [4.78, 5) is 15.1. The number of hydrogen-bond donors (Lipinski definition) is 1. The Balaban J connectivity index is 2.19. The Bertz CT molecular complexity index is 790. The van der Waals surface area contributed by atoms with Gasteiger partial charge in [-0.3, -0.25) is 9.69 Å². The predicted molar refractivity (Wildman–Crippen MR) is 115 cm³/mol. The summed E-state index contributed by atoms with van der Waals surface area (Å²) in [6.07, 6.45) is 0. The van der Waals surface area contributed by atoms with E-state index in [2.05, 4.69) is 30.1 Å². The second-order valence-electron chi connectivity index (χ2n) is 6.52. The third kappa shape index (κ3) is 5.87. The topological polar surface area (TPSA) is 60.0 Å². The zero-order chi connectivity index (χ0) is 21.2. The Morgan fingerprint density at radius 3 is 2.38 bits per heavy atom. The fraction of sp³-hybridized carbons (Fsp3) is 0.435. The lowest BCUT2D eigenvalue weighted by Gasteiger charge is -2.30. The van der Waals surface area contributed by atoms with Crippen molar-refractivity contribution >= 4 is 5.91 Å². The molecule has 2 rings (SSSR count). The molecule has 0 heterocycles. The van der Waals surface area contributed by atoms with Gasteiger partial charge in [0.25, 0.3) is 5.91 Å². The first kappa shape index (κ1) is 22.6. The average Bonchev–Trinajstić information content (AvgIpc) is 2.76. The number of nitrogens with zero attached hydrogens (tertiary/aromatic N) is 1. The molecule has 6 heteroatoms. The number of benzene rings is 2. The van der Waals surface area contributed by atoms with Crippen LogP contribution in [0.2, 0.25) is 0 Å². The maximum Gasteiger partial charge on any atom is 0.251 e.